The number of nitrogens with zero attached hydrogens (tertiary/aromatic N) is 1. The van der Waals surface area contributed by atoms with Gasteiger partial charge in [-0.2, -0.15) is 0 Å². The molecule has 0 amide bonds. The zero-order valence-electron chi connectivity index (χ0n) is 18.8. The van der Waals surface area contributed by atoms with Crippen LogP contribution in [0.15, 0.2) is 64.4 Å². The molecule has 2 heterocycles. The lowest BCUT2D eigenvalue weighted by Gasteiger charge is -2.19. The minimum Gasteiger partial charge on any atom is -0.459 e. The Labute approximate surface area is 225 Å². The molecule has 1 aliphatic heterocycles. The molecule has 3 aromatic rings. The fourth-order valence-electron chi connectivity index (χ4n) is 3.59. The second kappa shape index (κ2) is 11.6. The van der Waals surface area contributed by atoms with Gasteiger partial charge in [0.2, 0.25) is 0 Å². The van der Waals surface area contributed by atoms with Crippen molar-refractivity contribution in [2.24, 2.45) is 0 Å². The van der Waals surface area contributed by atoms with Crippen LogP contribution in [0.1, 0.15) is 33.4 Å². The maximum atomic E-state index is 12.8. The van der Waals surface area contributed by atoms with Gasteiger partial charge in [0.25, 0.3) is 0 Å². The van der Waals surface area contributed by atoms with Gasteiger partial charge in [-0.25, -0.2) is 14.4 Å². The van der Waals surface area contributed by atoms with E-state index in [9.17, 15) is 14.4 Å². The summed E-state index contributed by atoms with van der Waals surface area (Å²) in [7, 11) is 0. The summed E-state index contributed by atoms with van der Waals surface area (Å²) in [5.41, 5.74) is 0.134. The summed E-state index contributed by atoms with van der Waals surface area (Å²) in [5, 5.41) is 0.966. The van der Waals surface area contributed by atoms with Crippen molar-refractivity contribution in [3.8, 4) is 0 Å². The van der Waals surface area contributed by atoms with Crippen molar-refractivity contribution in [1.82, 2.24) is 9.55 Å². The summed E-state index contributed by atoms with van der Waals surface area (Å²) in [6, 6.07) is 12.5. The van der Waals surface area contributed by atoms with Crippen LogP contribution in [0.25, 0.3) is 0 Å². The van der Waals surface area contributed by atoms with Gasteiger partial charge in [0.05, 0.1) is 16.0 Å². The lowest BCUT2D eigenvalue weighted by atomic mass is 10.1. The third-order valence-corrected chi connectivity index (χ3v) is 7.15. The van der Waals surface area contributed by atoms with Crippen molar-refractivity contribution in [1.29, 1.82) is 0 Å². The maximum absolute atomic E-state index is 12.8. The second-order valence-corrected chi connectivity index (χ2v) is 9.91. The number of nitrogens with one attached hydrogen (secondary N) is 1. The van der Waals surface area contributed by atoms with Crippen LogP contribution in [0.5, 0.6) is 0 Å². The van der Waals surface area contributed by atoms with Gasteiger partial charge in [-0.15, -0.1) is 11.8 Å². The molecular weight excluding hydrogens is 547 g/mol. The van der Waals surface area contributed by atoms with Gasteiger partial charge >= 0.3 is 17.6 Å². The number of thioether (sulfide) groups is 1. The van der Waals surface area contributed by atoms with Gasteiger partial charge in [-0.05, 0) is 54.8 Å². The van der Waals surface area contributed by atoms with Crippen molar-refractivity contribution in [3.05, 3.63) is 91.0 Å². The van der Waals surface area contributed by atoms with E-state index in [4.69, 9.17) is 49.6 Å². The Morgan fingerprint density at radius 1 is 1.08 bits per heavy atom. The lowest BCUT2D eigenvalue weighted by molar-refractivity contribution is -0.0583. The molecule has 0 radical (unpaired) electrons. The first-order chi connectivity index (χ1) is 17.2. The highest BCUT2D eigenvalue weighted by Gasteiger charge is 2.40. The number of halogens is 2. The molecule has 36 heavy (non-hydrogen) atoms. The number of esters is 2. The molecule has 8 nitrogen and oxygen atoms in total. The van der Waals surface area contributed by atoms with E-state index < -0.39 is 36.1 Å². The number of aromatic nitrogens is 2. The molecule has 2 aromatic carbocycles. The zero-order chi connectivity index (χ0) is 25.8. The summed E-state index contributed by atoms with van der Waals surface area (Å²) >= 11 is 18.3. The number of rotatable bonds is 7. The predicted molar refractivity (Wildman–Crippen MR) is 139 cm³/mol. The minimum absolute atomic E-state index is 0.154. The van der Waals surface area contributed by atoms with E-state index in [1.807, 2.05) is 6.26 Å². The van der Waals surface area contributed by atoms with Crippen LogP contribution >= 0.6 is 47.2 Å². The molecule has 4 rings (SSSR count). The molecule has 1 saturated heterocycles. The first-order valence-electron chi connectivity index (χ1n) is 10.7. The standard InChI is InChI=1S/C24H20Cl2N2O6S2/c1-36-19-11-28(24(31)27-21(19)35)20-10-17(34-23(30)14-4-8-16(26)9-5-14)18(33-20)12-32-22(29)13-2-6-15(25)7-3-13/h2-9,11,17-18,20H,10,12H2,1H3,(H,27,31,35)/t17-,18+,20-/m0/s1. The fourth-order valence-corrected chi connectivity index (χ4v) is 4.69. The average Bonchev–Trinajstić information content (AvgIpc) is 3.25. The van der Waals surface area contributed by atoms with E-state index in [0.29, 0.717) is 30.7 Å². The molecule has 0 unspecified atom stereocenters. The molecule has 1 aliphatic rings. The van der Waals surface area contributed by atoms with E-state index in [0.717, 1.165) is 0 Å². The monoisotopic (exact) mass is 566 g/mol. The zero-order valence-corrected chi connectivity index (χ0v) is 22.0. The normalized spacial score (nSPS) is 19.1. The number of H-pyrrole nitrogens is 1. The van der Waals surface area contributed by atoms with Crippen LogP contribution in [-0.4, -0.2) is 46.6 Å². The van der Waals surface area contributed by atoms with Gasteiger partial charge < -0.3 is 14.2 Å². The number of hydrogen-bond donors (Lipinski definition) is 1. The van der Waals surface area contributed by atoms with Crippen molar-refractivity contribution in [2.45, 2.75) is 29.8 Å². The molecule has 0 saturated carbocycles. The Balaban J connectivity index is 1.54. The Hall–Kier alpha value is -2.63. The highest BCUT2D eigenvalue weighted by atomic mass is 35.5. The van der Waals surface area contributed by atoms with Crippen molar-refractivity contribution < 1.29 is 23.8 Å². The van der Waals surface area contributed by atoms with Gasteiger partial charge in [0.1, 0.15) is 29.7 Å². The van der Waals surface area contributed by atoms with Crippen molar-refractivity contribution >= 4 is 59.1 Å². The molecule has 188 valence electrons. The van der Waals surface area contributed by atoms with Gasteiger partial charge in [0.15, 0.2) is 0 Å². The van der Waals surface area contributed by atoms with Crippen LogP contribution in [0.3, 0.4) is 0 Å². The van der Waals surface area contributed by atoms with Gasteiger partial charge in [-0.3, -0.25) is 9.55 Å². The number of hydrogen-bond acceptors (Lipinski definition) is 8. The van der Waals surface area contributed by atoms with Crippen molar-refractivity contribution in [2.75, 3.05) is 12.9 Å². The van der Waals surface area contributed by atoms with E-state index in [2.05, 4.69) is 4.98 Å². The number of carbonyl (C=O) groups excluding carboxylic acids is 2. The fraction of sp³-hybridized carbons (Fsp3) is 0.250. The maximum Gasteiger partial charge on any atom is 0.338 e. The largest absolute Gasteiger partial charge is 0.459 e. The Kier molecular flexibility index (Phi) is 8.53. The van der Waals surface area contributed by atoms with Crippen LogP contribution in [-0.2, 0) is 14.2 Å². The van der Waals surface area contributed by atoms with Crippen LogP contribution in [0, 0.1) is 4.64 Å². The third kappa shape index (κ3) is 6.19. The van der Waals surface area contributed by atoms with Gasteiger partial charge in [0, 0.05) is 22.7 Å². The molecular formula is C24H20Cl2N2O6S2. The predicted octanol–water partition coefficient (Wildman–Crippen LogP) is 5.30. The van der Waals surface area contributed by atoms with Gasteiger partial charge in [-0.1, -0.05) is 35.4 Å². The number of aromatic amines is 1. The Morgan fingerprint density at radius 3 is 2.25 bits per heavy atom. The molecule has 1 N–H and O–H groups in total. The SMILES string of the molecule is CSc1cn([C@@H]2C[C@H](OC(=O)c3ccc(Cl)cc3)[C@@H](COC(=O)c3ccc(Cl)cc3)O2)c(=O)[nH]c1=S. The van der Waals surface area contributed by atoms with E-state index in [-0.39, 0.29) is 13.0 Å². The molecule has 0 bridgehead atoms. The molecule has 3 atom stereocenters. The Bertz CT molecular complexity index is 1380. The summed E-state index contributed by atoms with van der Waals surface area (Å²) in [5.74, 6) is -1.19. The highest BCUT2D eigenvalue weighted by Crippen LogP contribution is 2.32. The molecule has 0 aliphatic carbocycles. The molecule has 12 heteroatoms. The average molecular weight is 567 g/mol. The minimum atomic E-state index is -0.824. The quantitative estimate of drug-likeness (QED) is 0.233. The van der Waals surface area contributed by atoms with E-state index >= 15 is 0 Å². The topological polar surface area (TPSA) is 99.6 Å². The summed E-state index contributed by atoms with van der Waals surface area (Å²) in [6.07, 6.45) is 1.17. The van der Waals surface area contributed by atoms with E-state index in [1.54, 1.807) is 42.6 Å². The molecule has 1 aromatic heterocycles. The molecule has 1 fully saturated rings. The smallest absolute Gasteiger partial charge is 0.338 e. The van der Waals surface area contributed by atoms with Crippen LogP contribution < -0.4 is 5.69 Å². The third-order valence-electron chi connectivity index (χ3n) is 5.44. The van der Waals surface area contributed by atoms with Crippen molar-refractivity contribution in [3.63, 3.8) is 0 Å². The summed E-state index contributed by atoms with van der Waals surface area (Å²) in [4.78, 5) is 41.2. The lowest BCUT2D eigenvalue weighted by Crippen LogP contribution is -2.32. The number of ether oxygens (including phenoxy) is 3. The summed E-state index contributed by atoms with van der Waals surface area (Å²) in [6.45, 7) is -0.205. The first-order valence-corrected chi connectivity index (χ1v) is 13.1. The summed E-state index contributed by atoms with van der Waals surface area (Å²) < 4.78 is 18.9. The number of benzene rings is 2. The first kappa shape index (κ1) is 26.4. The highest BCUT2D eigenvalue weighted by molar-refractivity contribution is 7.98. The number of carbonyl (C=O) groups is 2. The van der Waals surface area contributed by atoms with Crippen LogP contribution in [0.2, 0.25) is 10.0 Å². The Morgan fingerprint density at radius 2 is 1.67 bits per heavy atom. The van der Waals surface area contributed by atoms with E-state index in [1.165, 1.54) is 28.5 Å². The second-order valence-electron chi connectivity index (χ2n) is 7.78. The van der Waals surface area contributed by atoms with Crippen LogP contribution in [0.4, 0.5) is 0 Å². The molecule has 0 spiro atoms.